The Morgan fingerprint density at radius 1 is 1.50 bits per heavy atom. The lowest BCUT2D eigenvalue weighted by Crippen LogP contribution is -2.41. The molecule has 0 heterocycles. The number of carbonyl (C=O) groups is 1. The number of nitrogens with one attached hydrogen (secondary N) is 1. The van der Waals surface area contributed by atoms with Gasteiger partial charge in [0.25, 0.3) is 0 Å². The maximum absolute atomic E-state index is 13.0. The Bertz CT molecular complexity index is 423. The molecule has 1 atom stereocenters. The van der Waals surface area contributed by atoms with Crippen LogP contribution < -0.4 is 5.32 Å². The van der Waals surface area contributed by atoms with Crippen LogP contribution in [0.15, 0.2) is 18.2 Å². The molecular formula is C13H17ClFNO2. The number of carbonyl (C=O) groups excluding carboxylic acids is 1. The summed E-state index contributed by atoms with van der Waals surface area (Å²) in [5.74, 6) is -0.652. The van der Waals surface area contributed by atoms with Gasteiger partial charge < -0.3 is 10.1 Å². The van der Waals surface area contributed by atoms with Crippen molar-refractivity contribution in [3.63, 3.8) is 0 Å². The van der Waals surface area contributed by atoms with Gasteiger partial charge in [0.1, 0.15) is 11.9 Å². The first-order valence-electron chi connectivity index (χ1n) is 5.70. The number of esters is 1. The molecule has 0 aliphatic heterocycles. The monoisotopic (exact) mass is 273 g/mol. The average molecular weight is 274 g/mol. The summed E-state index contributed by atoms with van der Waals surface area (Å²) in [6, 6.07) is 4.09. The molecule has 1 aromatic rings. The van der Waals surface area contributed by atoms with E-state index in [2.05, 4.69) is 5.32 Å². The highest BCUT2D eigenvalue weighted by Crippen LogP contribution is 2.16. The van der Waals surface area contributed by atoms with Gasteiger partial charge in [-0.15, -0.1) is 0 Å². The van der Waals surface area contributed by atoms with Crippen molar-refractivity contribution in [2.24, 2.45) is 5.92 Å². The van der Waals surface area contributed by atoms with Gasteiger partial charge in [0.05, 0.1) is 12.1 Å². The van der Waals surface area contributed by atoms with Crippen LogP contribution in [0.1, 0.15) is 19.4 Å². The van der Waals surface area contributed by atoms with E-state index >= 15 is 0 Å². The first kappa shape index (κ1) is 14.9. The molecule has 100 valence electrons. The quantitative estimate of drug-likeness (QED) is 0.839. The van der Waals surface area contributed by atoms with E-state index < -0.39 is 5.82 Å². The third-order valence-electron chi connectivity index (χ3n) is 2.63. The average Bonchev–Trinajstić information content (AvgIpc) is 2.33. The number of ether oxygens (including phenoxy) is 1. The third kappa shape index (κ3) is 3.96. The second-order valence-corrected chi connectivity index (χ2v) is 4.78. The first-order valence-corrected chi connectivity index (χ1v) is 6.08. The van der Waals surface area contributed by atoms with E-state index in [4.69, 9.17) is 16.3 Å². The SMILES string of the molecule is COC(=O)C(NCc1ccc(F)c(Cl)c1)C(C)C. The third-order valence-corrected chi connectivity index (χ3v) is 2.92. The highest BCUT2D eigenvalue weighted by Gasteiger charge is 2.22. The van der Waals surface area contributed by atoms with Crippen molar-refractivity contribution < 1.29 is 13.9 Å². The van der Waals surface area contributed by atoms with Crippen molar-refractivity contribution in [1.29, 1.82) is 0 Å². The van der Waals surface area contributed by atoms with Gasteiger partial charge in [-0.3, -0.25) is 4.79 Å². The Balaban J connectivity index is 2.67. The summed E-state index contributed by atoms with van der Waals surface area (Å²) in [5.41, 5.74) is 0.816. The minimum atomic E-state index is -0.450. The minimum Gasteiger partial charge on any atom is -0.468 e. The van der Waals surface area contributed by atoms with Gasteiger partial charge in [-0.05, 0) is 23.6 Å². The molecule has 0 saturated heterocycles. The van der Waals surface area contributed by atoms with Gasteiger partial charge in [-0.1, -0.05) is 31.5 Å². The number of hydrogen-bond acceptors (Lipinski definition) is 3. The molecule has 1 N–H and O–H groups in total. The Morgan fingerprint density at radius 3 is 2.67 bits per heavy atom. The van der Waals surface area contributed by atoms with Crippen molar-refractivity contribution in [1.82, 2.24) is 5.32 Å². The summed E-state index contributed by atoms with van der Waals surface area (Å²) in [6.07, 6.45) is 0. The normalized spacial score (nSPS) is 12.6. The zero-order chi connectivity index (χ0) is 13.7. The smallest absolute Gasteiger partial charge is 0.323 e. The molecule has 5 heteroatoms. The molecule has 0 bridgehead atoms. The van der Waals surface area contributed by atoms with Crippen molar-refractivity contribution in [3.8, 4) is 0 Å². The van der Waals surface area contributed by atoms with E-state index in [9.17, 15) is 9.18 Å². The van der Waals surface area contributed by atoms with Crippen LogP contribution in [-0.4, -0.2) is 19.1 Å². The second kappa shape index (κ2) is 6.71. The molecule has 0 spiro atoms. The molecule has 0 aliphatic carbocycles. The minimum absolute atomic E-state index is 0.0773. The fourth-order valence-electron chi connectivity index (χ4n) is 1.60. The van der Waals surface area contributed by atoms with Gasteiger partial charge >= 0.3 is 5.97 Å². The molecule has 0 saturated carbocycles. The lowest BCUT2D eigenvalue weighted by molar-refractivity contribution is -0.144. The second-order valence-electron chi connectivity index (χ2n) is 4.37. The van der Waals surface area contributed by atoms with Crippen LogP contribution in [0, 0.1) is 11.7 Å². The van der Waals surface area contributed by atoms with Crippen molar-refractivity contribution in [3.05, 3.63) is 34.6 Å². The molecule has 1 aromatic carbocycles. The largest absolute Gasteiger partial charge is 0.468 e. The summed E-state index contributed by atoms with van der Waals surface area (Å²) < 4.78 is 17.7. The molecule has 0 fully saturated rings. The highest BCUT2D eigenvalue weighted by atomic mass is 35.5. The van der Waals surface area contributed by atoms with Crippen LogP contribution in [0.5, 0.6) is 0 Å². The standard InChI is InChI=1S/C13H17ClFNO2/c1-8(2)12(13(17)18-3)16-7-9-4-5-11(15)10(14)6-9/h4-6,8,12,16H,7H2,1-3H3. The molecule has 0 aliphatic rings. The zero-order valence-electron chi connectivity index (χ0n) is 10.7. The van der Waals surface area contributed by atoms with E-state index in [1.54, 1.807) is 12.1 Å². The van der Waals surface area contributed by atoms with Crippen molar-refractivity contribution in [2.75, 3.05) is 7.11 Å². The molecule has 0 radical (unpaired) electrons. The van der Waals surface area contributed by atoms with Gasteiger partial charge in [0.2, 0.25) is 0 Å². The Labute approximate surface area is 111 Å². The number of methoxy groups -OCH3 is 1. The van der Waals surface area contributed by atoms with Gasteiger partial charge in [0, 0.05) is 6.54 Å². The van der Waals surface area contributed by atoms with Crippen LogP contribution in [-0.2, 0) is 16.1 Å². The summed E-state index contributed by atoms with van der Waals surface area (Å²) in [6.45, 7) is 4.27. The summed E-state index contributed by atoms with van der Waals surface area (Å²) in [5, 5.41) is 3.15. The van der Waals surface area contributed by atoms with Crippen molar-refractivity contribution in [2.45, 2.75) is 26.4 Å². The van der Waals surface area contributed by atoms with Gasteiger partial charge in [-0.25, -0.2) is 4.39 Å². The zero-order valence-corrected chi connectivity index (χ0v) is 11.4. The molecule has 3 nitrogen and oxygen atoms in total. The van der Waals surface area contributed by atoms with Crippen LogP contribution in [0.2, 0.25) is 5.02 Å². The van der Waals surface area contributed by atoms with Crippen molar-refractivity contribution >= 4 is 17.6 Å². The fraction of sp³-hybridized carbons (Fsp3) is 0.462. The van der Waals surface area contributed by atoms with E-state index in [-0.39, 0.29) is 23.0 Å². The van der Waals surface area contributed by atoms with E-state index in [1.807, 2.05) is 13.8 Å². The maximum atomic E-state index is 13.0. The number of rotatable bonds is 5. The molecular weight excluding hydrogens is 257 g/mol. The highest BCUT2D eigenvalue weighted by molar-refractivity contribution is 6.30. The summed E-state index contributed by atoms with van der Waals surface area (Å²) in [7, 11) is 1.36. The lowest BCUT2D eigenvalue weighted by Gasteiger charge is -2.19. The van der Waals surface area contributed by atoms with E-state index in [0.29, 0.717) is 6.54 Å². The summed E-state index contributed by atoms with van der Waals surface area (Å²) >= 11 is 5.69. The van der Waals surface area contributed by atoms with Crippen LogP contribution in [0.25, 0.3) is 0 Å². The topological polar surface area (TPSA) is 38.3 Å². The molecule has 0 amide bonds. The predicted molar refractivity (Wildman–Crippen MR) is 68.9 cm³/mol. The number of halogens is 2. The molecule has 0 aromatic heterocycles. The first-order chi connectivity index (χ1) is 8.45. The lowest BCUT2D eigenvalue weighted by atomic mass is 10.0. The molecule has 18 heavy (non-hydrogen) atoms. The fourth-order valence-corrected chi connectivity index (χ4v) is 1.80. The van der Waals surface area contributed by atoms with E-state index in [0.717, 1.165) is 5.56 Å². The van der Waals surface area contributed by atoms with Gasteiger partial charge in [-0.2, -0.15) is 0 Å². The number of benzene rings is 1. The summed E-state index contributed by atoms with van der Waals surface area (Å²) in [4.78, 5) is 11.5. The van der Waals surface area contributed by atoms with Crippen LogP contribution in [0.4, 0.5) is 4.39 Å². The Hall–Kier alpha value is -1.13. The maximum Gasteiger partial charge on any atom is 0.323 e. The van der Waals surface area contributed by atoms with Crippen LogP contribution >= 0.6 is 11.6 Å². The van der Waals surface area contributed by atoms with Crippen LogP contribution in [0.3, 0.4) is 0 Å². The Kier molecular flexibility index (Phi) is 5.56. The van der Waals surface area contributed by atoms with Gasteiger partial charge in [0.15, 0.2) is 0 Å². The number of hydrogen-bond donors (Lipinski definition) is 1. The predicted octanol–water partition coefficient (Wildman–Crippen LogP) is 2.77. The van der Waals surface area contributed by atoms with E-state index in [1.165, 1.54) is 13.2 Å². The molecule has 1 rings (SSSR count). The molecule has 1 unspecified atom stereocenters. The Morgan fingerprint density at radius 2 is 2.17 bits per heavy atom.